The lowest BCUT2D eigenvalue weighted by Crippen LogP contribution is -2.70. The molecule has 0 amide bonds. The van der Waals surface area contributed by atoms with Crippen molar-refractivity contribution in [3.8, 4) is 0 Å². The summed E-state index contributed by atoms with van der Waals surface area (Å²) in [5.41, 5.74) is -6.99. The molecular weight excluding hydrogens is 364 g/mol. The Balaban J connectivity index is 1.81. The highest BCUT2D eigenvalue weighted by atomic mass is 19.4. The summed E-state index contributed by atoms with van der Waals surface area (Å²) in [6.45, 7) is 3.06. The number of carbonyl (C=O) groups is 1. The zero-order chi connectivity index (χ0) is 20.0. The van der Waals surface area contributed by atoms with Crippen LogP contribution in [0.4, 0.5) is 17.6 Å². The first kappa shape index (κ1) is 19.4. The molecule has 0 aromatic heterocycles. The number of rotatable bonds is 0. The Labute approximate surface area is 155 Å². The fourth-order valence-corrected chi connectivity index (χ4v) is 7.04. The number of halogens is 4. The molecule has 3 fully saturated rings. The van der Waals surface area contributed by atoms with Gasteiger partial charge in [0, 0.05) is 23.2 Å². The molecule has 3 saturated carbocycles. The van der Waals surface area contributed by atoms with Crippen LogP contribution >= 0.6 is 0 Å². The molecule has 27 heavy (non-hydrogen) atoms. The van der Waals surface area contributed by atoms with E-state index in [2.05, 4.69) is 0 Å². The van der Waals surface area contributed by atoms with Crippen LogP contribution in [0.25, 0.3) is 0 Å². The zero-order valence-electron chi connectivity index (χ0n) is 15.6. The van der Waals surface area contributed by atoms with Gasteiger partial charge in [-0.15, -0.1) is 0 Å². The lowest BCUT2D eigenvalue weighted by Gasteiger charge is -2.63. The molecule has 2 N–H and O–H groups in total. The van der Waals surface area contributed by atoms with Crippen LogP contribution in [0.15, 0.2) is 11.6 Å². The topological polar surface area (TPSA) is 57.5 Å². The predicted molar refractivity (Wildman–Crippen MR) is 89.5 cm³/mol. The largest absolute Gasteiger partial charge is 0.417 e. The van der Waals surface area contributed by atoms with Gasteiger partial charge in [-0.1, -0.05) is 19.4 Å². The molecule has 4 aliphatic carbocycles. The molecule has 0 bridgehead atoms. The first-order valence-electron chi connectivity index (χ1n) is 9.71. The molecule has 152 valence electrons. The van der Waals surface area contributed by atoms with Gasteiger partial charge in [-0.2, -0.15) is 13.2 Å². The molecule has 0 radical (unpaired) electrons. The van der Waals surface area contributed by atoms with E-state index in [1.54, 1.807) is 6.92 Å². The Morgan fingerprint density at radius 2 is 1.78 bits per heavy atom. The van der Waals surface area contributed by atoms with Gasteiger partial charge in [0.2, 0.25) is 0 Å². The van der Waals surface area contributed by atoms with Crippen molar-refractivity contribution in [3.05, 3.63) is 11.6 Å². The van der Waals surface area contributed by atoms with Crippen molar-refractivity contribution < 1.29 is 32.6 Å². The van der Waals surface area contributed by atoms with E-state index in [1.807, 2.05) is 0 Å². The number of hydrogen-bond donors (Lipinski definition) is 2. The summed E-state index contributed by atoms with van der Waals surface area (Å²) in [6, 6.07) is 0. The van der Waals surface area contributed by atoms with Crippen molar-refractivity contribution in [1.82, 2.24) is 0 Å². The second-order valence-electron chi connectivity index (χ2n) is 9.52. The van der Waals surface area contributed by atoms with E-state index < -0.39 is 59.1 Å². The number of aliphatic hydroxyl groups is 2. The van der Waals surface area contributed by atoms with Gasteiger partial charge in [0.1, 0.15) is 5.67 Å². The van der Waals surface area contributed by atoms with Gasteiger partial charge in [0.25, 0.3) is 0 Å². The molecule has 0 aromatic rings. The third kappa shape index (κ3) is 2.08. The Morgan fingerprint density at radius 1 is 1.11 bits per heavy atom. The molecule has 0 saturated heterocycles. The Kier molecular flexibility index (Phi) is 3.84. The molecule has 7 atom stereocenters. The van der Waals surface area contributed by atoms with Crippen LogP contribution in [0.3, 0.4) is 0 Å². The van der Waals surface area contributed by atoms with Gasteiger partial charge in [-0.3, -0.25) is 4.79 Å². The lowest BCUT2D eigenvalue weighted by atomic mass is 9.44. The van der Waals surface area contributed by atoms with Crippen LogP contribution < -0.4 is 0 Å². The number of hydrogen-bond acceptors (Lipinski definition) is 3. The minimum atomic E-state index is -4.83. The van der Waals surface area contributed by atoms with Gasteiger partial charge >= 0.3 is 6.18 Å². The molecule has 0 aliphatic heterocycles. The summed E-state index contributed by atoms with van der Waals surface area (Å²) in [6.07, 6.45) is -4.60. The molecule has 4 aliphatic rings. The third-order valence-corrected chi connectivity index (χ3v) is 8.66. The molecule has 4 rings (SSSR count). The summed E-state index contributed by atoms with van der Waals surface area (Å²) < 4.78 is 57.8. The molecule has 7 heteroatoms. The third-order valence-electron chi connectivity index (χ3n) is 8.66. The monoisotopic (exact) mass is 390 g/mol. The van der Waals surface area contributed by atoms with E-state index in [4.69, 9.17) is 0 Å². The average molecular weight is 390 g/mol. The fraction of sp³-hybridized carbons (Fsp3) is 0.850. The van der Waals surface area contributed by atoms with Crippen molar-refractivity contribution in [2.75, 3.05) is 0 Å². The minimum absolute atomic E-state index is 0.0630. The highest BCUT2D eigenvalue weighted by Crippen LogP contribution is 2.71. The standard InChI is InChI=1S/C20H26F4O3/c1-16-7-5-12(25)9-11(16)3-4-14-13-6-8-18(27,20(22,23)24)17(13,2)10-15(26)19(14,16)21/h9,13-15,26-27H,3-8,10H2,1-2H3/t13-,14-,15-,16-,17-,18-,19-/m0/s1. The normalized spacial score (nSPS) is 52.7. The van der Waals surface area contributed by atoms with Gasteiger partial charge in [0.15, 0.2) is 11.4 Å². The fourth-order valence-electron chi connectivity index (χ4n) is 7.04. The van der Waals surface area contributed by atoms with E-state index in [-0.39, 0.29) is 31.5 Å². The molecule has 0 unspecified atom stereocenters. The second kappa shape index (κ2) is 5.35. The first-order valence-corrected chi connectivity index (χ1v) is 9.71. The predicted octanol–water partition coefficient (Wildman–Crippen LogP) is 3.87. The second-order valence-corrected chi connectivity index (χ2v) is 9.52. The highest BCUT2D eigenvalue weighted by molar-refractivity contribution is 5.91. The van der Waals surface area contributed by atoms with Crippen LogP contribution in [-0.2, 0) is 4.79 Å². The van der Waals surface area contributed by atoms with Crippen molar-refractivity contribution >= 4 is 5.78 Å². The quantitative estimate of drug-likeness (QED) is 0.618. The summed E-state index contributed by atoms with van der Waals surface area (Å²) in [5.74, 6) is -1.49. The number of fused-ring (bicyclic) bond motifs is 5. The molecule has 0 spiro atoms. The van der Waals surface area contributed by atoms with Crippen molar-refractivity contribution in [2.45, 2.75) is 82.3 Å². The van der Waals surface area contributed by atoms with E-state index in [0.717, 1.165) is 0 Å². The van der Waals surface area contributed by atoms with Crippen LogP contribution in [0.5, 0.6) is 0 Å². The molecule has 0 aromatic carbocycles. The maximum absolute atomic E-state index is 16.6. The Morgan fingerprint density at radius 3 is 2.41 bits per heavy atom. The average Bonchev–Trinajstić information content (AvgIpc) is 2.82. The number of ketones is 1. The summed E-state index contributed by atoms with van der Waals surface area (Å²) in [5, 5.41) is 21.5. The van der Waals surface area contributed by atoms with E-state index in [9.17, 15) is 28.2 Å². The Hall–Kier alpha value is -0.950. The van der Waals surface area contributed by atoms with Crippen molar-refractivity contribution in [3.63, 3.8) is 0 Å². The van der Waals surface area contributed by atoms with E-state index in [1.165, 1.54) is 13.0 Å². The van der Waals surface area contributed by atoms with E-state index >= 15 is 4.39 Å². The summed E-state index contributed by atoms with van der Waals surface area (Å²) >= 11 is 0. The minimum Gasteiger partial charge on any atom is -0.390 e. The summed E-state index contributed by atoms with van der Waals surface area (Å²) in [7, 11) is 0. The van der Waals surface area contributed by atoms with Crippen LogP contribution in [0.2, 0.25) is 0 Å². The van der Waals surface area contributed by atoms with Gasteiger partial charge < -0.3 is 10.2 Å². The maximum Gasteiger partial charge on any atom is 0.417 e. The number of aliphatic hydroxyl groups excluding tert-OH is 1. The highest BCUT2D eigenvalue weighted by Gasteiger charge is 2.77. The smallest absolute Gasteiger partial charge is 0.390 e. The maximum atomic E-state index is 16.6. The van der Waals surface area contributed by atoms with Crippen molar-refractivity contribution in [2.24, 2.45) is 22.7 Å². The zero-order valence-corrected chi connectivity index (χ0v) is 15.6. The Bertz CT molecular complexity index is 719. The SMILES string of the molecule is C[C@]12CCC(=O)C=C1CC[C@H]1[C@@H]3CC[C@@](O)(C(F)(F)F)[C@@]3(C)C[C@H](O)[C@@]12F. The van der Waals surface area contributed by atoms with E-state index in [0.29, 0.717) is 12.0 Å². The van der Waals surface area contributed by atoms with Crippen LogP contribution in [0.1, 0.15) is 58.8 Å². The molecule has 3 nitrogen and oxygen atoms in total. The van der Waals surface area contributed by atoms with Gasteiger partial charge in [-0.25, -0.2) is 4.39 Å². The lowest BCUT2D eigenvalue weighted by molar-refractivity contribution is -0.316. The number of alkyl halides is 4. The first-order chi connectivity index (χ1) is 12.3. The van der Waals surface area contributed by atoms with Gasteiger partial charge in [0.05, 0.1) is 6.10 Å². The van der Waals surface area contributed by atoms with Gasteiger partial charge in [-0.05, 0) is 50.5 Å². The summed E-state index contributed by atoms with van der Waals surface area (Å²) in [4.78, 5) is 11.8. The molecule has 0 heterocycles. The van der Waals surface area contributed by atoms with Crippen LogP contribution in [0, 0.1) is 22.7 Å². The van der Waals surface area contributed by atoms with Crippen molar-refractivity contribution in [1.29, 1.82) is 0 Å². The number of allylic oxidation sites excluding steroid dienone is 1. The number of carbonyl (C=O) groups excluding carboxylic acids is 1. The molecular formula is C20H26F4O3. The van der Waals surface area contributed by atoms with Crippen LogP contribution in [-0.4, -0.2) is 39.5 Å².